The number of hydrogen-bond donors (Lipinski definition) is 1. The van der Waals surface area contributed by atoms with Crippen molar-refractivity contribution in [2.24, 2.45) is 0 Å². The third-order valence-corrected chi connectivity index (χ3v) is 3.67. The topological polar surface area (TPSA) is 86.8 Å². The van der Waals surface area contributed by atoms with Gasteiger partial charge in [0.1, 0.15) is 12.7 Å². The van der Waals surface area contributed by atoms with Crippen molar-refractivity contribution in [1.29, 1.82) is 5.26 Å². The van der Waals surface area contributed by atoms with Gasteiger partial charge in [0.15, 0.2) is 0 Å². The van der Waals surface area contributed by atoms with E-state index in [4.69, 9.17) is 5.26 Å². The number of rotatable bonds is 7. The SMILES string of the molecule is C[C@H](c1ccc(-n2cncn2)cc1)N(C)CC(=O)NCCC#N. The Morgan fingerprint density at radius 2 is 2.17 bits per heavy atom. The Balaban J connectivity index is 1.93. The Kier molecular flexibility index (Phi) is 5.83. The number of likely N-dealkylation sites (N-methyl/N-ethyl adjacent to an activating group) is 1. The second kappa shape index (κ2) is 8.06. The normalized spacial score (nSPS) is 11.9. The Bertz CT molecular complexity index is 659. The molecule has 0 saturated heterocycles. The van der Waals surface area contributed by atoms with Crippen LogP contribution in [0.5, 0.6) is 0 Å². The van der Waals surface area contributed by atoms with Crippen molar-refractivity contribution >= 4 is 5.91 Å². The molecule has 1 heterocycles. The van der Waals surface area contributed by atoms with Gasteiger partial charge in [-0.05, 0) is 31.7 Å². The number of carbonyl (C=O) groups excluding carboxylic acids is 1. The highest BCUT2D eigenvalue weighted by Crippen LogP contribution is 2.19. The summed E-state index contributed by atoms with van der Waals surface area (Å²) in [6, 6.07) is 10.1. The minimum Gasteiger partial charge on any atom is -0.354 e. The van der Waals surface area contributed by atoms with Gasteiger partial charge in [0.25, 0.3) is 0 Å². The van der Waals surface area contributed by atoms with Gasteiger partial charge in [-0.3, -0.25) is 9.69 Å². The van der Waals surface area contributed by atoms with E-state index in [0.717, 1.165) is 11.3 Å². The van der Waals surface area contributed by atoms with Crippen LogP contribution in [0.15, 0.2) is 36.9 Å². The van der Waals surface area contributed by atoms with E-state index in [1.807, 2.05) is 49.2 Å². The van der Waals surface area contributed by atoms with Crippen LogP contribution in [-0.4, -0.2) is 45.7 Å². The molecule has 0 bridgehead atoms. The van der Waals surface area contributed by atoms with Crippen LogP contribution in [0.1, 0.15) is 24.9 Å². The average molecular weight is 312 g/mol. The molecule has 23 heavy (non-hydrogen) atoms. The second-order valence-electron chi connectivity index (χ2n) is 5.28. The molecule has 2 aromatic rings. The lowest BCUT2D eigenvalue weighted by Gasteiger charge is -2.24. The molecule has 0 unspecified atom stereocenters. The Morgan fingerprint density at radius 3 is 2.78 bits per heavy atom. The summed E-state index contributed by atoms with van der Waals surface area (Å²) in [5, 5.41) is 15.3. The lowest BCUT2D eigenvalue weighted by Crippen LogP contribution is -2.36. The summed E-state index contributed by atoms with van der Waals surface area (Å²) in [5.41, 5.74) is 2.05. The van der Waals surface area contributed by atoms with Crippen LogP contribution in [-0.2, 0) is 4.79 Å². The molecule has 1 aromatic heterocycles. The van der Waals surface area contributed by atoms with Crippen LogP contribution < -0.4 is 5.32 Å². The lowest BCUT2D eigenvalue weighted by atomic mass is 10.1. The first kappa shape index (κ1) is 16.6. The molecule has 7 heteroatoms. The zero-order valence-electron chi connectivity index (χ0n) is 13.3. The molecular formula is C16H20N6O. The smallest absolute Gasteiger partial charge is 0.234 e. The van der Waals surface area contributed by atoms with E-state index >= 15 is 0 Å². The summed E-state index contributed by atoms with van der Waals surface area (Å²) in [5.74, 6) is -0.0752. The maximum Gasteiger partial charge on any atom is 0.234 e. The van der Waals surface area contributed by atoms with E-state index in [9.17, 15) is 4.79 Å². The van der Waals surface area contributed by atoms with Gasteiger partial charge in [-0.1, -0.05) is 12.1 Å². The summed E-state index contributed by atoms with van der Waals surface area (Å²) in [6.07, 6.45) is 3.47. The van der Waals surface area contributed by atoms with Gasteiger partial charge < -0.3 is 5.32 Å². The van der Waals surface area contributed by atoms with Gasteiger partial charge in [-0.2, -0.15) is 10.4 Å². The Morgan fingerprint density at radius 1 is 1.43 bits per heavy atom. The fourth-order valence-electron chi connectivity index (χ4n) is 2.18. The van der Waals surface area contributed by atoms with Crippen molar-refractivity contribution in [3.05, 3.63) is 42.5 Å². The number of nitrogens with zero attached hydrogens (tertiary/aromatic N) is 5. The van der Waals surface area contributed by atoms with E-state index in [1.165, 1.54) is 6.33 Å². The van der Waals surface area contributed by atoms with Crippen molar-refractivity contribution in [3.63, 3.8) is 0 Å². The van der Waals surface area contributed by atoms with Gasteiger partial charge in [-0.15, -0.1) is 0 Å². The lowest BCUT2D eigenvalue weighted by molar-refractivity contribution is -0.122. The van der Waals surface area contributed by atoms with Crippen LogP contribution in [0.3, 0.4) is 0 Å². The van der Waals surface area contributed by atoms with Crippen molar-refractivity contribution in [2.75, 3.05) is 20.1 Å². The maximum absolute atomic E-state index is 11.8. The standard InChI is InChI=1S/C16H20N6O/c1-13(21(2)10-16(23)19-9-3-8-17)14-4-6-15(7-5-14)22-12-18-11-20-22/h4-7,11-13H,3,9-10H2,1-2H3,(H,19,23)/t13-/m1/s1. The summed E-state index contributed by atoms with van der Waals surface area (Å²) >= 11 is 0. The number of amides is 1. The molecule has 1 amide bonds. The molecule has 120 valence electrons. The van der Waals surface area contributed by atoms with Crippen molar-refractivity contribution in [1.82, 2.24) is 25.0 Å². The molecule has 0 radical (unpaired) electrons. The first-order valence-electron chi connectivity index (χ1n) is 7.40. The molecule has 2 rings (SSSR count). The van der Waals surface area contributed by atoms with Crippen LogP contribution in [0, 0.1) is 11.3 Å². The molecule has 0 aliphatic carbocycles. The van der Waals surface area contributed by atoms with Gasteiger partial charge in [0.2, 0.25) is 5.91 Å². The van der Waals surface area contributed by atoms with Crippen molar-refractivity contribution in [3.8, 4) is 11.8 Å². The van der Waals surface area contributed by atoms with Gasteiger partial charge in [-0.25, -0.2) is 9.67 Å². The summed E-state index contributed by atoms with van der Waals surface area (Å²) in [4.78, 5) is 17.7. The number of nitriles is 1. The summed E-state index contributed by atoms with van der Waals surface area (Å²) in [6.45, 7) is 2.73. The summed E-state index contributed by atoms with van der Waals surface area (Å²) < 4.78 is 1.70. The molecule has 0 spiro atoms. The zero-order valence-corrected chi connectivity index (χ0v) is 13.3. The highest BCUT2D eigenvalue weighted by Gasteiger charge is 2.14. The van der Waals surface area contributed by atoms with E-state index in [2.05, 4.69) is 15.4 Å². The minimum absolute atomic E-state index is 0.0752. The van der Waals surface area contributed by atoms with Crippen LogP contribution in [0.4, 0.5) is 0 Å². The fraction of sp³-hybridized carbons (Fsp3) is 0.375. The van der Waals surface area contributed by atoms with Gasteiger partial charge in [0.05, 0.1) is 24.7 Å². The van der Waals surface area contributed by atoms with E-state index in [-0.39, 0.29) is 18.5 Å². The third kappa shape index (κ3) is 4.63. The monoisotopic (exact) mass is 312 g/mol. The molecule has 0 fully saturated rings. The molecule has 0 aliphatic rings. The highest BCUT2D eigenvalue weighted by molar-refractivity contribution is 5.78. The molecule has 1 aromatic carbocycles. The number of aromatic nitrogens is 3. The molecule has 0 aliphatic heterocycles. The predicted octanol–water partition coefficient (Wildman–Crippen LogP) is 1.29. The molecule has 7 nitrogen and oxygen atoms in total. The van der Waals surface area contributed by atoms with Crippen LogP contribution in [0.2, 0.25) is 0 Å². The van der Waals surface area contributed by atoms with Crippen molar-refractivity contribution in [2.45, 2.75) is 19.4 Å². The number of carbonyl (C=O) groups is 1. The van der Waals surface area contributed by atoms with E-state index in [0.29, 0.717) is 13.0 Å². The first-order chi connectivity index (χ1) is 11.1. The first-order valence-corrected chi connectivity index (χ1v) is 7.40. The number of benzene rings is 1. The fourth-order valence-corrected chi connectivity index (χ4v) is 2.18. The van der Waals surface area contributed by atoms with Gasteiger partial charge >= 0.3 is 0 Å². The quantitative estimate of drug-likeness (QED) is 0.779. The Hall–Kier alpha value is -2.72. The predicted molar refractivity (Wildman–Crippen MR) is 85.6 cm³/mol. The highest BCUT2D eigenvalue weighted by atomic mass is 16.2. The third-order valence-electron chi connectivity index (χ3n) is 3.67. The minimum atomic E-state index is -0.0752. The van der Waals surface area contributed by atoms with E-state index in [1.54, 1.807) is 11.0 Å². The zero-order chi connectivity index (χ0) is 16.7. The summed E-state index contributed by atoms with van der Waals surface area (Å²) in [7, 11) is 1.90. The van der Waals surface area contributed by atoms with Crippen LogP contribution >= 0.6 is 0 Å². The number of nitrogens with one attached hydrogen (secondary N) is 1. The molecular weight excluding hydrogens is 292 g/mol. The molecule has 0 saturated carbocycles. The second-order valence-corrected chi connectivity index (χ2v) is 5.28. The van der Waals surface area contributed by atoms with Gasteiger partial charge in [0, 0.05) is 12.6 Å². The largest absolute Gasteiger partial charge is 0.354 e. The Labute approximate surface area is 135 Å². The van der Waals surface area contributed by atoms with Crippen LogP contribution in [0.25, 0.3) is 5.69 Å². The molecule has 1 N–H and O–H groups in total. The average Bonchev–Trinajstić information content (AvgIpc) is 3.09. The maximum atomic E-state index is 11.8. The van der Waals surface area contributed by atoms with E-state index < -0.39 is 0 Å². The van der Waals surface area contributed by atoms with Crippen molar-refractivity contribution < 1.29 is 4.79 Å². The number of hydrogen-bond acceptors (Lipinski definition) is 5. The molecule has 1 atom stereocenters.